The van der Waals surface area contributed by atoms with Gasteiger partial charge in [-0.15, -0.1) is 0 Å². The number of hydrogen-bond acceptors (Lipinski definition) is 5. The summed E-state index contributed by atoms with van der Waals surface area (Å²) < 4.78 is 4.75. The van der Waals surface area contributed by atoms with Crippen LogP contribution >= 0.6 is 0 Å². The number of hydrogen-bond donors (Lipinski definition) is 2. The van der Waals surface area contributed by atoms with Crippen LogP contribution in [0.3, 0.4) is 0 Å². The number of rotatable bonds is 2. The van der Waals surface area contributed by atoms with Crippen LogP contribution in [-0.2, 0) is 0 Å². The van der Waals surface area contributed by atoms with Gasteiger partial charge in [0, 0.05) is 5.69 Å². The van der Waals surface area contributed by atoms with Crippen molar-refractivity contribution in [3.63, 3.8) is 0 Å². The smallest absolute Gasteiger partial charge is 0.160 e. The van der Waals surface area contributed by atoms with E-state index < -0.39 is 0 Å². The Labute approximate surface area is 110 Å². The van der Waals surface area contributed by atoms with Gasteiger partial charge >= 0.3 is 0 Å². The molecule has 0 fully saturated rings. The Morgan fingerprint density at radius 3 is 2.53 bits per heavy atom. The fourth-order valence-electron chi connectivity index (χ4n) is 2.09. The molecular formula is C14H14N4O. The highest BCUT2D eigenvalue weighted by Gasteiger charge is 2.10. The number of nitrogen functional groups attached to an aromatic ring is 1. The highest BCUT2D eigenvalue weighted by atomic mass is 16.6. The quantitative estimate of drug-likeness (QED) is 0.687. The summed E-state index contributed by atoms with van der Waals surface area (Å²) in [4.78, 5) is 0. The van der Waals surface area contributed by atoms with E-state index in [1.807, 2.05) is 12.1 Å². The van der Waals surface area contributed by atoms with Crippen molar-refractivity contribution in [2.45, 2.75) is 13.8 Å². The van der Waals surface area contributed by atoms with Crippen LogP contribution in [0, 0.1) is 13.8 Å². The number of fused-ring (bicyclic) bond motifs is 1. The van der Waals surface area contributed by atoms with E-state index in [0.717, 1.165) is 11.4 Å². The molecule has 0 radical (unpaired) electrons. The van der Waals surface area contributed by atoms with Crippen LogP contribution < -0.4 is 11.1 Å². The maximum atomic E-state index is 5.82. The van der Waals surface area contributed by atoms with Crippen molar-refractivity contribution in [1.82, 2.24) is 10.3 Å². The van der Waals surface area contributed by atoms with Crippen molar-refractivity contribution in [3.05, 3.63) is 41.5 Å². The second-order valence-corrected chi connectivity index (χ2v) is 4.61. The highest BCUT2D eigenvalue weighted by Crippen LogP contribution is 2.29. The summed E-state index contributed by atoms with van der Waals surface area (Å²) in [6.07, 6.45) is 0. The summed E-state index contributed by atoms with van der Waals surface area (Å²) >= 11 is 0. The van der Waals surface area contributed by atoms with Crippen LogP contribution in [0.15, 0.2) is 35.0 Å². The molecule has 3 aromatic rings. The van der Waals surface area contributed by atoms with Crippen molar-refractivity contribution in [2.75, 3.05) is 11.1 Å². The first kappa shape index (κ1) is 11.5. The summed E-state index contributed by atoms with van der Waals surface area (Å²) in [6, 6.07) is 9.89. The van der Waals surface area contributed by atoms with Crippen molar-refractivity contribution in [3.8, 4) is 0 Å². The van der Waals surface area contributed by atoms with Crippen LogP contribution in [0.2, 0.25) is 0 Å². The van der Waals surface area contributed by atoms with Gasteiger partial charge in [0.2, 0.25) is 0 Å². The molecule has 5 heteroatoms. The van der Waals surface area contributed by atoms with E-state index in [1.165, 1.54) is 11.1 Å². The van der Waals surface area contributed by atoms with E-state index in [9.17, 15) is 0 Å². The minimum absolute atomic E-state index is 0.558. The van der Waals surface area contributed by atoms with Gasteiger partial charge in [0.25, 0.3) is 0 Å². The van der Waals surface area contributed by atoms with Gasteiger partial charge in [0.15, 0.2) is 11.0 Å². The molecule has 0 amide bonds. The topological polar surface area (TPSA) is 77.0 Å². The van der Waals surface area contributed by atoms with Gasteiger partial charge in [0.05, 0.1) is 11.4 Å². The van der Waals surface area contributed by atoms with E-state index in [-0.39, 0.29) is 0 Å². The largest absolute Gasteiger partial charge is 0.397 e. The Morgan fingerprint density at radius 1 is 1.00 bits per heavy atom. The fraction of sp³-hybridized carbons (Fsp3) is 0.143. The Bertz CT molecular complexity index is 748. The van der Waals surface area contributed by atoms with Crippen LogP contribution in [0.25, 0.3) is 11.0 Å². The summed E-state index contributed by atoms with van der Waals surface area (Å²) in [5.74, 6) is 0. The zero-order chi connectivity index (χ0) is 13.4. The Hall–Kier alpha value is -2.56. The summed E-state index contributed by atoms with van der Waals surface area (Å²) in [6.45, 7) is 4.13. The number of nitrogens with one attached hydrogen (secondary N) is 1. The normalized spacial score (nSPS) is 10.8. The highest BCUT2D eigenvalue weighted by molar-refractivity contribution is 5.96. The molecule has 5 nitrogen and oxygen atoms in total. The lowest BCUT2D eigenvalue weighted by Gasteiger charge is -2.10. The van der Waals surface area contributed by atoms with Gasteiger partial charge in [-0.3, -0.25) is 0 Å². The average molecular weight is 254 g/mol. The zero-order valence-electron chi connectivity index (χ0n) is 10.8. The molecule has 0 aliphatic carbocycles. The third kappa shape index (κ3) is 1.99. The second kappa shape index (κ2) is 4.28. The van der Waals surface area contributed by atoms with E-state index in [4.69, 9.17) is 10.4 Å². The molecular weight excluding hydrogens is 240 g/mol. The molecule has 0 bridgehead atoms. The van der Waals surface area contributed by atoms with Gasteiger partial charge in [-0.1, -0.05) is 17.7 Å². The number of anilines is 3. The maximum Gasteiger partial charge on any atom is 0.160 e. The fourth-order valence-corrected chi connectivity index (χ4v) is 2.09. The molecule has 3 N–H and O–H groups in total. The first-order valence-corrected chi connectivity index (χ1v) is 6.00. The lowest BCUT2D eigenvalue weighted by Crippen LogP contribution is -1.96. The maximum absolute atomic E-state index is 5.82. The molecule has 96 valence electrons. The Morgan fingerprint density at radius 2 is 1.74 bits per heavy atom. The van der Waals surface area contributed by atoms with Crippen molar-refractivity contribution in [1.29, 1.82) is 0 Å². The lowest BCUT2D eigenvalue weighted by atomic mass is 10.1. The third-order valence-electron chi connectivity index (χ3n) is 3.10. The van der Waals surface area contributed by atoms with E-state index in [0.29, 0.717) is 16.7 Å². The SMILES string of the molecule is Cc1ccc(Nc2ccc(N)c3nonc23)c(C)c1. The lowest BCUT2D eigenvalue weighted by molar-refractivity contribution is 0.316. The van der Waals surface area contributed by atoms with Crippen LogP contribution in [0.1, 0.15) is 11.1 Å². The van der Waals surface area contributed by atoms with Gasteiger partial charge in [0.1, 0.15) is 0 Å². The zero-order valence-corrected chi connectivity index (χ0v) is 10.8. The van der Waals surface area contributed by atoms with Gasteiger partial charge < -0.3 is 11.1 Å². The molecule has 1 aromatic heterocycles. The third-order valence-corrected chi connectivity index (χ3v) is 3.10. The van der Waals surface area contributed by atoms with Gasteiger partial charge in [-0.05, 0) is 47.9 Å². The summed E-state index contributed by atoms with van der Waals surface area (Å²) in [5, 5.41) is 11.0. The molecule has 0 saturated carbocycles. The average Bonchev–Trinajstić information content (AvgIpc) is 2.86. The first-order valence-electron chi connectivity index (χ1n) is 6.00. The van der Waals surface area contributed by atoms with Gasteiger partial charge in [-0.25, -0.2) is 4.63 Å². The first-order chi connectivity index (χ1) is 9.15. The van der Waals surface area contributed by atoms with Crippen molar-refractivity contribution in [2.24, 2.45) is 0 Å². The number of aromatic nitrogens is 2. The standard InChI is InChI=1S/C14H14N4O/c1-8-3-5-11(9(2)7-8)16-12-6-4-10(15)13-14(12)18-19-17-13/h3-7,16H,15H2,1-2H3. The molecule has 1 heterocycles. The monoisotopic (exact) mass is 254 g/mol. The minimum Gasteiger partial charge on any atom is -0.397 e. The number of benzene rings is 2. The van der Waals surface area contributed by atoms with Crippen LogP contribution in [0.5, 0.6) is 0 Å². The van der Waals surface area contributed by atoms with Crippen molar-refractivity contribution >= 4 is 28.1 Å². The predicted molar refractivity (Wildman–Crippen MR) is 75.4 cm³/mol. The molecule has 0 aliphatic rings. The molecule has 0 spiro atoms. The number of nitrogens with two attached hydrogens (primary N) is 1. The summed E-state index contributed by atoms with van der Waals surface area (Å²) in [7, 11) is 0. The molecule has 0 saturated heterocycles. The van der Waals surface area contributed by atoms with Gasteiger partial charge in [-0.2, -0.15) is 0 Å². The summed E-state index contributed by atoms with van der Waals surface area (Å²) in [5.41, 5.74) is 11.9. The molecule has 2 aromatic carbocycles. The molecule has 0 atom stereocenters. The van der Waals surface area contributed by atoms with E-state index in [2.05, 4.69) is 41.6 Å². The molecule has 0 unspecified atom stereocenters. The number of nitrogens with zero attached hydrogens (tertiary/aromatic N) is 2. The van der Waals surface area contributed by atoms with Crippen LogP contribution in [-0.4, -0.2) is 10.3 Å². The second-order valence-electron chi connectivity index (χ2n) is 4.61. The predicted octanol–water partition coefficient (Wildman–Crippen LogP) is 3.17. The minimum atomic E-state index is 0.558. The molecule has 0 aliphatic heterocycles. The van der Waals surface area contributed by atoms with E-state index >= 15 is 0 Å². The Kier molecular flexibility index (Phi) is 2.59. The molecule has 3 rings (SSSR count). The van der Waals surface area contributed by atoms with Crippen molar-refractivity contribution < 1.29 is 4.63 Å². The Balaban J connectivity index is 2.06. The molecule has 19 heavy (non-hydrogen) atoms. The van der Waals surface area contributed by atoms with E-state index in [1.54, 1.807) is 6.07 Å². The number of aryl methyl sites for hydroxylation is 2. The van der Waals surface area contributed by atoms with Crippen LogP contribution in [0.4, 0.5) is 17.1 Å².